The Labute approximate surface area is 112 Å². The van der Waals surface area contributed by atoms with E-state index < -0.39 is 12.1 Å². The van der Waals surface area contributed by atoms with E-state index in [1.807, 2.05) is 13.8 Å². The summed E-state index contributed by atoms with van der Waals surface area (Å²) >= 11 is 0. The molecule has 1 unspecified atom stereocenters. The molecule has 0 aromatic heterocycles. The second-order valence-electron chi connectivity index (χ2n) is 4.30. The maximum Gasteiger partial charge on any atom is 0.127 e. The zero-order valence-corrected chi connectivity index (χ0v) is 11.2. The number of aliphatic hydroxyl groups is 1. The molecule has 0 aliphatic carbocycles. The normalized spacial score (nSPS) is 15.6. The Balaban J connectivity index is 0.00000289. The number of halogens is 1. The highest BCUT2D eigenvalue weighted by molar-refractivity contribution is 5.85. The van der Waals surface area contributed by atoms with E-state index >= 15 is 0 Å². The number of nitrogens with two attached hydrogens (primary N) is 1. The van der Waals surface area contributed by atoms with E-state index in [1.165, 1.54) is 0 Å². The second kappa shape index (κ2) is 6.68. The summed E-state index contributed by atoms with van der Waals surface area (Å²) in [5.41, 5.74) is 5.87. The minimum absolute atomic E-state index is 0. The molecule has 18 heavy (non-hydrogen) atoms. The van der Waals surface area contributed by atoms with Crippen molar-refractivity contribution in [3.8, 4) is 17.2 Å². The van der Waals surface area contributed by atoms with E-state index in [1.54, 1.807) is 0 Å². The Morgan fingerprint density at radius 3 is 2.00 bits per heavy atom. The number of rotatable bonds is 4. The van der Waals surface area contributed by atoms with Gasteiger partial charge in [-0.25, -0.2) is 0 Å². The summed E-state index contributed by atoms with van der Waals surface area (Å²) in [4.78, 5) is 0. The molecule has 0 amide bonds. The van der Waals surface area contributed by atoms with Crippen molar-refractivity contribution in [1.29, 1.82) is 0 Å². The summed E-state index contributed by atoms with van der Waals surface area (Å²) < 4.78 is 0. The standard InChI is InChI=1S/C12H19NO4.ClH/c1-3-6(2)12(17)11(13)10-8(15)4-7(14)5-9(10)16;/h4-6,11-12,14-17H,3,13H2,1-2H3;1H/t6?,11-,12+;/m0./s1. The van der Waals surface area contributed by atoms with Crippen LogP contribution >= 0.6 is 12.4 Å². The molecule has 6 N–H and O–H groups in total. The average Bonchev–Trinajstić information content (AvgIpc) is 2.25. The van der Waals surface area contributed by atoms with Gasteiger partial charge in [0.15, 0.2) is 0 Å². The van der Waals surface area contributed by atoms with Crippen LogP contribution in [0, 0.1) is 5.92 Å². The summed E-state index contributed by atoms with van der Waals surface area (Å²) in [5, 5.41) is 38.4. The van der Waals surface area contributed by atoms with Gasteiger partial charge in [-0.1, -0.05) is 20.3 Å². The van der Waals surface area contributed by atoms with E-state index in [-0.39, 0.29) is 41.1 Å². The molecule has 0 spiro atoms. The van der Waals surface area contributed by atoms with Gasteiger partial charge >= 0.3 is 0 Å². The van der Waals surface area contributed by atoms with E-state index in [9.17, 15) is 20.4 Å². The van der Waals surface area contributed by atoms with Crippen LogP contribution in [-0.4, -0.2) is 26.5 Å². The fourth-order valence-corrected chi connectivity index (χ4v) is 1.72. The Morgan fingerprint density at radius 1 is 1.17 bits per heavy atom. The van der Waals surface area contributed by atoms with Crippen LogP contribution in [-0.2, 0) is 0 Å². The third-order valence-corrected chi connectivity index (χ3v) is 3.05. The summed E-state index contributed by atoms with van der Waals surface area (Å²) in [6.07, 6.45) is -0.143. The van der Waals surface area contributed by atoms with Gasteiger partial charge in [0.25, 0.3) is 0 Å². The van der Waals surface area contributed by atoms with E-state index in [0.717, 1.165) is 18.6 Å². The van der Waals surface area contributed by atoms with E-state index in [4.69, 9.17) is 5.73 Å². The molecule has 0 bridgehead atoms. The van der Waals surface area contributed by atoms with Crippen LogP contribution in [0.5, 0.6) is 17.2 Å². The number of aliphatic hydroxyl groups excluding tert-OH is 1. The topological polar surface area (TPSA) is 107 Å². The van der Waals surface area contributed by atoms with E-state index in [0.29, 0.717) is 0 Å². The molecule has 0 aliphatic heterocycles. The molecule has 0 saturated heterocycles. The molecule has 104 valence electrons. The summed E-state index contributed by atoms with van der Waals surface area (Å²) in [6, 6.07) is 1.27. The fraction of sp³-hybridized carbons (Fsp3) is 0.500. The van der Waals surface area contributed by atoms with Gasteiger partial charge in [0.05, 0.1) is 17.7 Å². The van der Waals surface area contributed by atoms with Gasteiger partial charge in [-0.3, -0.25) is 0 Å². The lowest BCUT2D eigenvalue weighted by atomic mass is 9.90. The molecule has 0 saturated carbocycles. The molecule has 0 radical (unpaired) electrons. The number of hydrogen-bond acceptors (Lipinski definition) is 5. The monoisotopic (exact) mass is 277 g/mol. The first-order valence-corrected chi connectivity index (χ1v) is 5.57. The number of phenolic OH excluding ortho intramolecular Hbond substituents is 3. The quantitative estimate of drug-likeness (QED) is 0.575. The van der Waals surface area contributed by atoms with Gasteiger partial charge in [-0.05, 0) is 5.92 Å². The Hall–Kier alpha value is -1.17. The van der Waals surface area contributed by atoms with Crippen molar-refractivity contribution >= 4 is 12.4 Å². The predicted molar refractivity (Wildman–Crippen MR) is 71.1 cm³/mol. The van der Waals surface area contributed by atoms with Crippen molar-refractivity contribution in [3.63, 3.8) is 0 Å². The molecule has 1 aromatic rings. The van der Waals surface area contributed by atoms with Crippen LogP contribution in [0.1, 0.15) is 31.9 Å². The molecule has 0 aliphatic rings. The lowest BCUT2D eigenvalue weighted by Crippen LogP contribution is -2.31. The van der Waals surface area contributed by atoms with Crippen LogP contribution in [0.25, 0.3) is 0 Å². The zero-order valence-electron chi connectivity index (χ0n) is 10.4. The Bertz CT molecular complexity index is 377. The highest BCUT2D eigenvalue weighted by Crippen LogP contribution is 2.38. The number of aromatic hydroxyl groups is 3. The van der Waals surface area contributed by atoms with Gasteiger partial charge in [-0.2, -0.15) is 0 Å². The predicted octanol–water partition coefficient (Wildman–Crippen LogP) is 1.63. The lowest BCUT2D eigenvalue weighted by Gasteiger charge is -2.25. The number of benzene rings is 1. The highest BCUT2D eigenvalue weighted by Gasteiger charge is 2.27. The smallest absolute Gasteiger partial charge is 0.127 e. The number of hydrogen-bond donors (Lipinski definition) is 5. The van der Waals surface area contributed by atoms with Gasteiger partial charge in [0.2, 0.25) is 0 Å². The second-order valence-corrected chi connectivity index (χ2v) is 4.30. The summed E-state index contributed by atoms with van der Waals surface area (Å²) in [7, 11) is 0. The zero-order chi connectivity index (χ0) is 13.2. The maximum absolute atomic E-state index is 9.95. The van der Waals surface area contributed by atoms with E-state index in [2.05, 4.69) is 0 Å². The first kappa shape index (κ1) is 16.8. The minimum atomic E-state index is -0.898. The third-order valence-electron chi connectivity index (χ3n) is 3.05. The molecule has 6 heteroatoms. The first-order valence-electron chi connectivity index (χ1n) is 5.57. The van der Waals surface area contributed by atoms with Crippen LogP contribution in [0.15, 0.2) is 12.1 Å². The molecule has 3 atom stereocenters. The highest BCUT2D eigenvalue weighted by atomic mass is 35.5. The van der Waals surface area contributed by atoms with Gasteiger partial charge in [0, 0.05) is 12.1 Å². The Morgan fingerprint density at radius 2 is 1.61 bits per heavy atom. The number of phenols is 3. The Kier molecular flexibility index (Phi) is 6.25. The molecule has 1 rings (SSSR count). The van der Waals surface area contributed by atoms with Crippen molar-refractivity contribution in [2.75, 3.05) is 0 Å². The molecule has 1 aromatic carbocycles. The third kappa shape index (κ3) is 3.41. The molecule has 0 heterocycles. The lowest BCUT2D eigenvalue weighted by molar-refractivity contribution is 0.0861. The largest absolute Gasteiger partial charge is 0.508 e. The van der Waals surface area contributed by atoms with Crippen molar-refractivity contribution in [3.05, 3.63) is 17.7 Å². The van der Waals surface area contributed by atoms with Gasteiger partial charge < -0.3 is 26.2 Å². The van der Waals surface area contributed by atoms with Gasteiger partial charge in [-0.15, -0.1) is 12.4 Å². The summed E-state index contributed by atoms with van der Waals surface area (Å²) in [6.45, 7) is 3.75. The van der Waals surface area contributed by atoms with Crippen LogP contribution in [0.4, 0.5) is 0 Å². The SMILES string of the molecule is CCC(C)[C@@H](O)[C@@H](N)c1c(O)cc(O)cc1O.Cl. The fourth-order valence-electron chi connectivity index (χ4n) is 1.72. The van der Waals surface area contributed by atoms with Crippen LogP contribution in [0.2, 0.25) is 0 Å². The minimum Gasteiger partial charge on any atom is -0.508 e. The van der Waals surface area contributed by atoms with Crippen LogP contribution < -0.4 is 5.73 Å². The van der Waals surface area contributed by atoms with Crippen molar-refractivity contribution in [2.45, 2.75) is 32.4 Å². The average molecular weight is 278 g/mol. The summed E-state index contributed by atoms with van der Waals surface area (Å²) in [5.74, 6) is -0.957. The molecular weight excluding hydrogens is 258 g/mol. The van der Waals surface area contributed by atoms with Crippen LogP contribution in [0.3, 0.4) is 0 Å². The first-order chi connectivity index (χ1) is 7.88. The maximum atomic E-state index is 9.95. The van der Waals surface area contributed by atoms with Crippen molar-refractivity contribution < 1.29 is 20.4 Å². The van der Waals surface area contributed by atoms with Crippen molar-refractivity contribution in [1.82, 2.24) is 0 Å². The van der Waals surface area contributed by atoms with Gasteiger partial charge in [0.1, 0.15) is 17.2 Å². The molecular formula is C12H20ClNO4. The van der Waals surface area contributed by atoms with Crippen molar-refractivity contribution in [2.24, 2.45) is 11.7 Å². The molecule has 0 fully saturated rings. The molecule has 5 nitrogen and oxygen atoms in total.